The first-order chi connectivity index (χ1) is 12.1. The van der Waals surface area contributed by atoms with Crippen molar-refractivity contribution in [3.8, 4) is 0 Å². The van der Waals surface area contributed by atoms with E-state index in [1.807, 2.05) is 4.90 Å². The zero-order valence-electron chi connectivity index (χ0n) is 15.0. The number of nitro benzene ring substituents is 1. The number of carbonyl (C=O) groups excluding carboxylic acids is 1. The van der Waals surface area contributed by atoms with Gasteiger partial charge in [0, 0.05) is 38.3 Å². The fourth-order valence-electron chi connectivity index (χ4n) is 2.97. The molecule has 2 rings (SSSR count). The van der Waals surface area contributed by atoms with Crippen LogP contribution in [0.15, 0.2) is 29.3 Å². The summed E-state index contributed by atoms with van der Waals surface area (Å²) in [6.45, 7) is 3.79. The van der Waals surface area contributed by atoms with Crippen LogP contribution >= 0.6 is 24.0 Å². The largest absolute Gasteiger partial charge is 0.466 e. The zero-order valence-corrected chi connectivity index (χ0v) is 17.3. The molecular formula is C17H25IN4O4. The van der Waals surface area contributed by atoms with E-state index in [1.54, 1.807) is 32.2 Å². The summed E-state index contributed by atoms with van der Waals surface area (Å²) in [5.41, 5.74) is 0.668. The van der Waals surface area contributed by atoms with E-state index in [4.69, 9.17) is 4.74 Å². The molecule has 1 N–H and O–H groups in total. The van der Waals surface area contributed by atoms with Gasteiger partial charge in [0.1, 0.15) is 0 Å². The van der Waals surface area contributed by atoms with Gasteiger partial charge >= 0.3 is 5.97 Å². The summed E-state index contributed by atoms with van der Waals surface area (Å²) in [7, 11) is 1.66. The van der Waals surface area contributed by atoms with Crippen LogP contribution in [0.3, 0.4) is 0 Å². The van der Waals surface area contributed by atoms with Gasteiger partial charge in [0.2, 0.25) is 0 Å². The standard InChI is InChI=1S/C17H24N4O4.HI/c1-3-25-16(22)14-8-6-10-20(12-14)17(18-2)19-11-13-7-4-5-9-15(13)21(23)24;/h4-5,7,9,14H,3,6,8,10-12H2,1-2H3,(H,18,19);1H. The summed E-state index contributed by atoms with van der Waals surface area (Å²) in [6, 6.07) is 6.61. The zero-order chi connectivity index (χ0) is 18.2. The van der Waals surface area contributed by atoms with Crippen LogP contribution in [-0.4, -0.2) is 48.5 Å². The van der Waals surface area contributed by atoms with Crippen LogP contribution in [-0.2, 0) is 16.1 Å². The molecular weight excluding hydrogens is 451 g/mol. The topological polar surface area (TPSA) is 97.1 Å². The number of rotatable bonds is 5. The number of aliphatic imine (C=N–C) groups is 1. The lowest BCUT2D eigenvalue weighted by Gasteiger charge is -2.33. The van der Waals surface area contributed by atoms with Gasteiger partial charge in [-0.25, -0.2) is 0 Å². The molecule has 26 heavy (non-hydrogen) atoms. The molecule has 0 spiro atoms. The van der Waals surface area contributed by atoms with Crippen LogP contribution in [0.1, 0.15) is 25.3 Å². The van der Waals surface area contributed by atoms with E-state index < -0.39 is 4.92 Å². The maximum Gasteiger partial charge on any atom is 0.310 e. The van der Waals surface area contributed by atoms with E-state index in [9.17, 15) is 14.9 Å². The van der Waals surface area contributed by atoms with Gasteiger partial charge in [-0.3, -0.25) is 19.9 Å². The van der Waals surface area contributed by atoms with Crippen LogP contribution in [0.5, 0.6) is 0 Å². The van der Waals surface area contributed by atoms with E-state index in [1.165, 1.54) is 6.07 Å². The average molecular weight is 476 g/mol. The number of esters is 1. The Morgan fingerprint density at radius 3 is 2.85 bits per heavy atom. The maximum absolute atomic E-state index is 12.0. The van der Waals surface area contributed by atoms with Gasteiger partial charge in [0.15, 0.2) is 5.96 Å². The number of guanidine groups is 1. The van der Waals surface area contributed by atoms with Gasteiger partial charge in [-0.15, -0.1) is 24.0 Å². The van der Waals surface area contributed by atoms with Crippen LogP contribution in [0, 0.1) is 16.0 Å². The third-order valence-corrected chi connectivity index (χ3v) is 4.18. The van der Waals surface area contributed by atoms with Crippen molar-refractivity contribution in [2.45, 2.75) is 26.3 Å². The molecule has 1 aliphatic rings. The van der Waals surface area contributed by atoms with Crippen molar-refractivity contribution >= 4 is 41.6 Å². The number of benzene rings is 1. The summed E-state index contributed by atoms with van der Waals surface area (Å²) < 4.78 is 5.11. The normalized spacial score (nSPS) is 17.2. The number of nitrogens with zero attached hydrogens (tertiary/aromatic N) is 3. The Balaban J connectivity index is 0.00000338. The molecule has 0 bridgehead atoms. The fraction of sp³-hybridized carbons (Fsp3) is 0.529. The lowest BCUT2D eigenvalue weighted by Crippen LogP contribution is -2.48. The monoisotopic (exact) mass is 476 g/mol. The minimum atomic E-state index is -0.391. The molecule has 1 aromatic carbocycles. The Hall–Kier alpha value is -1.91. The number of nitrogens with one attached hydrogen (secondary N) is 1. The molecule has 0 aromatic heterocycles. The van der Waals surface area contributed by atoms with Crippen molar-refractivity contribution in [1.82, 2.24) is 10.2 Å². The highest BCUT2D eigenvalue weighted by Gasteiger charge is 2.28. The lowest BCUT2D eigenvalue weighted by molar-refractivity contribution is -0.385. The number of piperidine rings is 1. The van der Waals surface area contributed by atoms with Crippen LogP contribution < -0.4 is 5.32 Å². The average Bonchev–Trinajstić information content (AvgIpc) is 2.63. The van der Waals surface area contributed by atoms with E-state index in [2.05, 4.69) is 10.3 Å². The summed E-state index contributed by atoms with van der Waals surface area (Å²) in [4.78, 5) is 28.9. The van der Waals surface area contributed by atoms with Crippen LogP contribution in [0.2, 0.25) is 0 Å². The van der Waals surface area contributed by atoms with E-state index in [0.29, 0.717) is 31.2 Å². The number of ether oxygens (including phenoxy) is 1. The van der Waals surface area contributed by atoms with Gasteiger partial charge in [-0.2, -0.15) is 0 Å². The summed E-state index contributed by atoms with van der Waals surface area (Å²) in [5.74, 6) is 0.284. The smallest absolute Gasteiger partial charge is 0.310 e. The third-order valence-electron chi connectivity index (χ3n) is 4.18. The highest BCUT2D eigenvalue weighted by atomic mass is 127. The Labute approximate surface area is 170 Å². The highest BCUT2D eigenvalue weighted by Crippen LogP contribution is 2.19. The van der Waals surface area contributed by atoms with E-state index in [0.717, 1.165) is 19.4 Å². The minimum Gasteiger partial charge on any atom is -0.466 e. The molecule has 1 unspecified atom stereocenters. The molecule has 0 saturated carbocycles. The second-order valence-corrected chi connectivity index (χ2v) is 5.82. The maximum atomic E-state index is 12.0. The highest BCUT2D eigenvalue weighted by molar-refractivity contribution is 14.0. The predicted molar refractivity (Wildman–Crippen MR) is 110 cm³/mol. The summed E-state index contributed by atoms with van der Waals surface area (Å²) >= 11 is 0. The molecule has 1 aliphatic heterocycles. The Bertz CT molecular complexity index is 653. The number of para-hydroxylation sites is 1. The number of hydrogen-bond acceptors (Lipinski definition) is 5. The molecule has 0 radical (unpaired) electrons. The predicted octanol–water partition coefficient (Wildman–Crippen LogP) is 2.56. The summed E-state index contributed by atoms with van der Waals surface area (Å²) in [6.07, 6.45) is 1.67. The molecule has 0 amide bonds. The molecule has 1 aromatic rings. The number of carbonyl (C=O) groups is 1. The first kappa shape index (κ1) is 22.1. The molecule has 1 saturated heterocycles. The molecule has 9 heteroatoms. The number of likely N-dealkylation sites (tertiary alicyclic amines) is 1. The van der Waals surface area contributed by atoms with Crippen molar-refractivity contribution in [2.24, 2.45) is 10.9 Å². The fourth-order valence-corrected chi connectivity index (χ4v) is 2.97. The Morgan fingerprint density at radius 1 is 1.46 bits per heavy atom. The number of halogens is 1. The molecule has 1 heterocycles. The van der Waals surface area contributed by atoms with Crippen molar-refractivity contribution in [1.29, 1.82) is 0 Å². The second kappa shape index (κ2) is 10.9. The summed E-state index contributed by atoms with van der Waals surface area (Å²) in [5, 5.41) is 14.3. The van der Waals surface area contributed by atoms with Crippen LogP contribution in [0.25, 0.3) is 0 Å². The van der Waals surface area contributed by atoms with Gasteiger partial charge in [-0.05, 0) is 19.8 Å². The van der Waals surface area contributed by atoms with E-state index >= 15 is 0 Å². The van der Waals surface area contributed by atoms with Crippen LogP contribution in [0.4, 0.5) is 5.69 Å². The first-order valence-corrected chi connectivity index (χ1v) is 8.41. The third kappa shape index (κ3) is 5.82. The Morgan fingerprint density at radius 2 is 2.19 bits per heavy atom. The second-order valence-electron chi connectivity index (χ2n) is 5.82. The molecule has 1 atom stereocenters. The lowest BCUT2D eigenvalue weighted by atomic mass is 9.98. The van der Waals surface area contributed by atoms with Crippen molar-refractivity contribution < 1.29 is 14.5 Å². The van der Waals surface area contributed by atoms with Crippen molar-refractivity contribution in [3.63, 3.8) is 0 Å². The number of hydrogen-bond donors (Lipinski definition) is 1. The molecule has 8 nitrogen and oxygen atoms in total. The SMILES string of the molecule is CCOC(=O)C1CCCN(C(=NC)NCc2ccccc2[N+](=O)[O-])C1.I. The van der Waals surface area contributed by atoms with Crippen molar-refractivity contribution in [3.05, 3.63) is 39.9 Å². The molecule has 0 aliphatic carbocycles. The van der Waals surface area contributed by atoms with Gasteiger partial charge < -0.3 is 15.0 Å². The molecule has 1 fully saturated rings. The van der Waals surface area contributed by atoms with E-state index in [-0.39, 0.29) is 41.6 Å². The number of nitro groups is 1. The van der Waals surface area contributed by atoms with Crippen molar-refractivity contribution in [2.75, 3.05) is 26.7 Å². The van der Waals surface area contributed by atoms with Gasteiger partial charge in [0.05, 0.1) is 17.4 Å². The molecule has 144 valence electrons. The minimum absolute atomic E-state index is 0. The van der Waals surface area contributed by atoms with Gasteiger partial charge in [0.25, 0.3) is 5.69 Å². The Kier molecular flexibility index (Phi) is 9.31. The van der Waals surface area contributed by atoms with Gasteiger partial charge in [-0.1, -0.05) is 18.2 Å². The first-order valence-electron chi connectivity index (χ1n) is 8.41. The quantitative estimate of drug-likeness (QED) is 0.175.